The molecule has 0 aliphatic heterocycles. The molecule has 0 bridgehead atoms. The fourth-order valence-corrected chi connectivity index (χ4v) is 2.46. The van der Waals surface area contributed by atoms with Gasteiger partial charge in [-0.1, -0.05) is 6.92 Å². The third-order valence-corrected chi connectivity index (χ3v) is 3.68. The van der Waals surface area contributed by atoms with Crippen LogP contribution >= 0.6 is 0 Å². The first-order chi connectivity index (χ1) is 8.70. The summed E-state index contributed by atoms with van der Waals surface area (Å²) in [4.78, 5) is 8.49. The summed E-state index contributed by atoms with van der Waals surface area (Å²) in [5.74, 6) is 2.49. The predicted molar refractivity (Wildman–Crippen MR) is 73.0 cm³/mol. The van der Waals surface area contributed by atoms with Gasteiger partial charge in [0.05, 0.1) is 12.2 Å². The van der Waals surface area contributed by atoms with E-state index in [9.17, 15) is 0 Å². The zero-order chi connectivity index (χ0) is 13.0. The van der Waals surface area contributed by atoms with Crippen molar-refractivity contribution in [3.05, 3.63) is 11.9 Å². The molecule has 1 aliphatic carbocycles. The van der Waals surface area contributed by atoms with Gasteiger partial charge in [-0.3, -0.25) is 0 Å². The molecule has 0 radical (unpaired) electrons. The van der Waals surface area contributed by atoms with Crippen molar-refractivity contribution >= 4 is 5.82 Å². The molecule has 1 saturated carbocycles. The maximum Gasteiger partial charge on any atom is 0.221 e. The molecule has 1 aliphatic rings. The minimum absolute atomic E-state index is 0.546. The number of ether oxygens (including phenoxy) is 1. The molecule has 0 aromatic carbocycles. The molecule has 1 aromatic rings. The zero-order valence-electron chi connectivity index (χ0n) is 11.6. The van der Waals surface area contributed by atoms with Crippen molar-refractivity contribution in [2.24, 2.45) is 5.92 Å². The zero-order valence-corrected chi connectivity index (χ0v) is 11.6. The predicted octanol–water partition coefficient (Wildman–Crippen LogP) is 3.17. The van der Waals surface area contributed by atoms with Crippen molar-refractivity contribution in [1.82, 2.24) is 9.97 Å². The summed E-state index contributed by atoms with van der Waals surface area (Å²) in [5, 5.41) is 3.54. The van der Waals surface area contributed by atoms with Crippen LogP contribution in [0.4, 0.5) is 5.82 Å². The highest BCUT2D eigenvalue weighted by Crippen LogP contribution is 2.27. The third-order valence-electron chi connectivity index (χ3n) is 3.68. The first-order valence-electron chi connectivity index (χ1n) is 6.91. The monoisotopic (exact) mass is 249 g/mol. The summed E-state index contributed by atoms with van der Waals surface area (Å²) in [6, 6.07) is 0.546. The van der Waals surface area contributed by atoms with Gasteiger partial charge < -0.3 is 10.1 Å². The van der Waals surface area contributed by atoms with E-state index in [-0.39, 0.29) is 0 Å². The fraction of sp³-hybridized carbons (Fsp3) is 0.714. The van der Waals surface area contributed by atoms with Crippen LogP contribution in [0.1, 0.15) is 45.1 Å². The van der Waals surface area contributed by atoms with Crippen LogP contribution in [0.15, 0.2) is 6.33 Å². The Bertz CT molecular complexity index is 387. The van der Waals surface area contributed by atoms with Crippen molar-refractivity contribution < 1.29 is 4.74 Å². The minimum Gasteiger partial charge on any atom is -0.478 e. The van der Waals surface area contributed by atoms with Gasteiger partial charge in [0.2, 0.25) is 5.88 Å². The lowest BCUT2D eigenvalue weighted by Gasteiger charge is -2.27. The van der Waals surface area contributed by atoms with Gasteiger partial charge in [0.25, 0.3) is 0 Å². The highest BCUT2D eigenvalue weighted by Gasteiger charge is 2.19. The number of nitrogens with one attached hydrogen (secondary N) is 1. The van der Waals surface area contributed by atoms with Crippen LogP contribution < -0.4 is 10.1 Å². The van der Waals surface area contributed by atoms with E-state index in [0.717, 1.165) is 17.3 Å². The van der Waals surface area contributed by atoms with Crippen LogP contribution in [0, 0.1) is 12.8 Å². The molecule has 1 heterocycles. The summed E-state index contributed by atoms with van der Waals surface area (Å²) >= 11 is 0. The molecule has 0 unspecified atom stereocenters. The second-order valence-corrected chi connectivity index (χ2v) is 5.19. The normalized spacial score (nSPS) is 23.7. The molecule has 2 rings (SSSR count). The van der Waals surface area contributed by atoms with Gasteiger partial charge >= 0.3 is 0 Å². The molecular weight excluding hydrogens is 226 g/mol. The van der Waals surface area contributed by atoms with Crippen LogP contribution in [0.3, 0.4) is 0 Å². The fourth-order valence-electron chi connectivity index (χ4n) is 2.46. The summed E-state index contributed by atoms with van der Waals surface area (Å²) in [6.07, 6.45) is 6.65. The SMILES string of the molecule is CCOc1ncnc(NC2CCC(C)CC2)c1C. The number of hydrogen-bond donors (Lipinski definition) is 1. The Morgan fingerprint density at radius 2 is 2.00 bits per heavy atom. The highest BCUT2D eigenvalue weighted by atomic mass is 16.5. The molecule has 18 heavy (non-hydrogen) atoms. The lowest BCUT2D eigenvalue weighted by molar-refractivity contribution is 0.323. The van der Waals surface area contributed by atoms with Crippen LogP contribution in [-0.4, -0.2) is 22.6 Å². The number of nitrogens with zero attached hydrogens (tertiary/aromatic N) is 2. The van der Waals surface area contributed by atoms with E-state index in [1.807, 2.05) is 13.8 Å². The van der Waals surface area contributed by atoms with Gasteiger partial charge in [-0.2, -0.15) is 0 Å². The van der Waals surface area contributed by atoms with E-state index in [2.05, 4.69) is 22.2 Å². The van der Waals surface area contributed by atoms with Gasteiger partial charge in [0.15, 0.2) is 0 Å². The van der Waals surface area contributed by atoms with Gasteiger partial charge in [0, 0.05) is 6.04 Å². The van der Waals surface area contributed by atoms with Crippen LogP contribution in [0.2, 0.25) is 0 Å². The molecular formula is C14H23N3O. The smallest absolute Gasteiger partial charge is 0.221 e. The highest BCUT2D eigenvalue weighted by molar-refractivity contribution is 5.48. The average molecular weight is 249 g/mol. The Morgan fingerprint density at radius 1 is 1.28 bits per heavy atom. The summed E-state index contributed by atoms with van der Waals surface area (Å²) in [6.45, 7) is 6.95. The van der Waals surface area contributed by atoms with Gasteiger partial charge in [-0.05, 0) is 45.4 Å². The Balaban J connectivity index is 2.02. The lowest BCUT2D eigenvalue weighted by Crippen LogP contribution is -2.26. The number of anilines is 1. The Labute approximate surface area is 109 Å². The van der Waals surface area contributed by atoms with Crippen molar-refractivity contribution in [3.8, 4) is 5.88 Å². The summed E-state index contributed by atoms with van der Waals surface area (Å²) < 4.78 is 5.49. The third kappa shape index (κ3) is 3.12. The number of rotatable bonds is 4. The molecule has 0 amide bonds. The van der Waals surface area contributed by atoms with E-state index < -0.39 is 0 Å². The lowest BCUT2D eigenvalue weighted by atomic mass is 9.87. The molecule has 0 saturated heterocycles. The second-order valence-electron chi connectivity index (χ2n) is 5.19. The largest absolute Gasteiger partial charge is 0.478 e. The molecule has 4 heteroatoms. The second kappa shape index (κ2) is 6.03. The first kappa shape index (κ1) is 13.1. The van der Waals surface area contributed by atoms with Crippen LogP contribution in [0.5, 0.6) is 5.88 Å². The molecule has 100 valence electrons. The van der Waals surface area contributed by atoms with E-state index in [4.69, 9.17) is 4.74 Å². The van der Waals surface area contributed by atoms with Crippen LogP contribution in [0.25, 0.3) is 0 Å². The number of hydrogen-bond acceptors (Lipinski definition) is 4. The Kier molecular flexibility index (Phi) is 4.39. The van der Waals surface area contributed by atoms with Crippen molar-refractivity contribution in [3.63, 3.8) is 0 Å². The topological polar surface area (TPSA) is 47.0 Å². The Morgan fingerprint density at radius 3 is 2.67 bits per heavy atom. The maximum absolute atomic E-state index is 5.49. The van der Waals surface area contributed by atoms with Gasteiger partial charge in [-0.25, -0.2) is 9.97 Å². The van der Waals surface area contributed by atoms with Crippen molar-refractivity contribution in [1.29, 1.82) is 0 Å². The standard InChI is InChI=1S/C14H23N3O/c1-4-18-14-11(3)13(15-9-16-14)17-12-7-5-10(2)6-8-12/h9-10,12H,4-8H2,1-3H3,(H,15,16,17). The maximum atomic E-state index is 5.49. The van der Waals surface area contributed by atoms with E-state index in [1.54, 1.807) is 6.33 Å². The molecule has 1 fully saturated rings. The summed E-state index contributed by atoms with van der Waals surface area (Å²) in [7, 11) is 0. The van der Waals surface area contributed by atoms with Crippen molar-refractivity contribution in [2.75, 3.05) is 11.9 Å². The quantitative estimate of drug-likeness (QED) is 0.890. The van der Waals surface area contributed by atoms with Gasteiger partial charge in [0.1, 0.15) is 12.1 Å². The Hall–Kier alpha value is -1.32. The molecule has 1 aromatic heterocycles. The molecule has 0 spiro atoms. The summed E-state index contributed by atoms with van der Waals surface area (Å²) in [5.41, 5.74) is 1.01. The molecule has 4 nitrogen and oxygen atoms in total. The van der Waals surface area contributed by atoms with E-state index >= 15 is 0 Å². The first-order valence-corrected chi connectivity index (χ1v) is 6.91. The molecule has 0 atom stereocenters. The average Bonchev–Trinajstić information content (AvgIpc) is 2.37. The molecule has 1 N–H and O–H groups in total. The van der Waals surface area contributed by atoms with Crippen molar-refractivity contribution in [2.45, 2.75) is 52.5 Å². The van der Waals surface area contributed by atoms with Gasteiger partial charge in [-0.15, -0.1) is 0 Å². The van der Waals surface area contributed by atoms with E-state index in [1.165, 1.54) is 25.7 Å². The minimum atomic E-state index is 0.546. The van der Waals surface area contributed by atoms with Crippen LogP contribution in [-0.2, 0) is 0 Å². The number of aromatic nitrogens is 2. The van der Waals surface area contributed by atoms with E-state index in [0.29, 0.717) is 18.5 Å².